The number of carbonyl (C=O) groups is 2. The van der Waals surface area contributed by atoms with Crippen LogP contribution in [0.25, 0.3) is 11.0 Å². The van der Waals surface area contributed by atoms with Gasteiger partial charge in [0.05, 0.1) is 23.0 Å². The number of nitrogens with one attached hydrogen (secondary N) is 1. The molecule has 1 heterocycles. The molecule has 0 bridgehead atoms. The molecule has 130 valence electrons. The minimum Gasteiger partial charge on any atom is -0.354 e. The molecule has 4 aromatic rings. The fraction of sp³-hybridized carbons (Fsp3) is 0. The number of carbonyl (C=O) groups excluding carboxylic acids is 2. The molecule has 0 unspecified atom stereocenters. The zero-order chi connectivity index (χ0) is 18.5. The van der Waals surface area contributed by atoms with Crippen LogP contribution < -0.4 is 5.32 Å². The van der Waals surface area contributed by atoms with Gasteiger partial charge in [-0.3, -0.25) is 9.59 Å². The predicted octanol–water partition coefficient (Wildman–Crippen LogP) is 4.86. The molecule has 5 nitrogen and oxygen atoms in total. The Balaban J connectivity index is 1.72. The Labute approximate surface area is 162 Å². The third-order valence-electron chi connectivity index (χ3n) is 4.55. The van der Waals surface area contributed by atoms with Gasteiger partial charge in [0.1, 0.15) is 11.0 Å². The van der Waals surface area contributed by atoms with Gasteiger partial charge in [-0.1, -0.05) is 35.9 Å². The van der Waals surface area contributed by atoms with Gasteiger partial charge in [0, 0.05) is 27.4 Å². The molecule has 5 rings (SSSR count). The summed E-state index contributed by atoms with van der Waals surface area (Å²) in [5.41, 5.74) is 3.91. The molecule has 27 heavy (non-hydrogen) atoms. The fourth-order valence-electron chi connectivity index (χ4n) is 3.29. The first-order valence-corrected chi connectivity index (χ1v) is 9.24. The zero-order valence-corrected chi connectivity index (χ0v) is 15.3. The highest BCUT2D eigenvalue weighted by Crippen LogP contribution is 2.36. The van der Waals surface area contributed by atoms with Crippen molar-refractivity contribution in [2.45, 2.75) is 0 Å². The highest BCUT2D eigenvalue weighted by molar-refractivity contribution is 7.00. The van der Waals surface area contributed by atoms with E-state index in [2.05, 4.69) is 14.1 Å². The number of nitrogens with zero attached hydrogens (tertiary/aromatic N) is 2. The maximum atomic E-state index is 13.0. The smallest absolute Gasteiger partial charge is 0.196 e. The maximum absolute atomic E-state index is 13.0. The highest BCUT2D eigenvalue weighted by Gasteiger charge is 2.33. The molecule has 7 heteroatoms. The summed E-state index contributed by atoms with van der Waals surface area (Å²) in [4.78, 5) is 26.0. The quantitative estimate of drug-likeness (QED) is 0.465. The van der Waals surface area contributed by atoms with E-state index in [1.54, 1.807) is 42.5 Å². The SMILES string of the molecule is O=C1c2ccccc2C(=O)c2c1cc(Nc1ccc(Cl)cc1)c1nsnc21. The van der Waals surface area contributed by atoms with Crippen molar-refractivity contribution in [2.75, 3.05) is 5.32 Å². The molecule has 0 radical (unpaired) electrons. The van der Waals surface area contributed by atoms with Crippen LogP contribution in [0, 0.1) is 0 Å². The molecule has 1 aromatic heterocycles. The number of rotatable bonds is 2. The molecule has 0 atom stereocenters. The lowest BCUT2D eigenvalue weighted by Gasteiger charge is -2.19. The van der Waals surface area contributed by atoms with Crippen LogP contribution in [0.15, 0.2) is 54.6 Å². The molecular weight excluding hydrogens is 382 g/mol. The van der Waals surface area contributed by atoms with Gasteiger partial charge < -0.3 is 5.32 Å². The van der Waals surface area contributed by atoms with E-state index in [1.165, 1.54) is 0 Å². The Morgan fingerprint density at radius 1 is 0.815 bits per heavy atom. The molecule has 1 aliphatic rings. The third kappa shape index (κ3) is 2.45. The van der Waals surface area contributed by atoms with E-state index in [4.69, 9.17) is 11.6 Å². The van der Waals surface area contributed by atoms with Crippen molar-refractivity contribution < 1.29 is 9.59 Å². The number of halogens is 1. The van der Waals surface area contributed by atoms with Crippen LogP contribution in [0.4, 0.5) is 11.4 Å². The second-order valence-corrected chi connectivity index (χ2v) is 7.11. The first-order valence-electron chi connectivity index (χ1n) is 8.14. The number of aromatic nitrogens is 2. The van der Waals surface area contributed by atoms with E-state index in [0.29, 0.717) is 44.0 Å². The van der Waals surface area contributed by atoms with Gasteiger partial charge in [-0.05, 0) is 30.3 Å². The largest absolute Gasteiger partial charge is 0.354 e. The first kappa shape index (κ1) is 16.1. The third-order valence-corrected chi connectivity index (χ3v) is 5.33. The molecule has 0 saturated heterocycles. The lowest BCUT2D eigenvalue weighted by molar-refractivity contribution is 0.0980. The molecule has 3 aromatic carbocycles. The number of hydrogen-bond donors (Lipinski definition) is 1. The van der Waals surface area contributed by atoms with E-state index in [9.17, 15) is 9.59 Å². The van der Waals surface area contributed by atoms with Crippen molar-refractivity contribution in [3.8, 4) is 0 Å². The van der Waals surface area contributed by atoms with Crippen molar-refractivity contribution in [1.29, 1.82) is 0 Å². The van der Waals surface area contributed by atoms with Crippen molar-refractivity contribution in [3.63, 3.8) is 0 Å². The summed E-state index contributed by atoms with van der Waals surface area (Å²) in [6.45, 7) is 0. The average Bonchev–Trinajstić information content (AvgIpc) is 3.18. The van der Waals surface area contributed by atoms with E-state index in [0.717, 1.165) is 17.4 Å². The molecule has 1 aliphatic carbocycles. The van der Waals surface area contributed by atoms with E-state index < -0.39 is 0 Å². The van der Waals surface area contributed by atoms with Gasteiger partial charge in [-0.25, -0.2) is 0 Å². The van der Waals surface area contributed by atoms with Gasteiger partial charge in [0.2, 0.25) is 0 Å². The van der Waals surface area contributed by atoms with Gasteiger partial charge in [0.15, 0.2) is 11.6 Å². The number of fused-ring (bicyclic) bond motifs is 4. The van der Waals surface area contributed by atoms with E-state index in [-0.39, 0.29) is 11.6 Å². The first-order chi connectivity index (χ1) is 13.1. The van der Waals surface area contributed by atoms with Crippen molar-refractivity contribution in [1.82, 2.24) is 8.75 Å². The van der Waals surface area contributed by atoms with Gasteiger partial charge in [0.25, 0.3) is 0 Å². The summed E-state index contributed by atoms with van der Waals surface area (Å²) in [6.07, 6.45) is 0. The summed E-state index contributed by atoms with van der Waals surface area (Å²) in [5, 5.41) is 3.88. The molecule has 0 spiro atoms. The van der Waals surface area contributed by atoms with Gasteiger partial charge in [-0.15, -0.1) is 0 Å². The van der Waals surface area contributed by atoms with Crippen molar-refractivity contribution in [2.24, 2.45) is 0 Å². The molecule has 0 saturated carbocycles. The predicted molar refractivity (Wildman–Crippen MR) is 105 cm³/mol. The minimum atomic E-state index is -0.198. The second-order valence-electron chi connectivity index (χ2n) is 6.14. The average molecular weight is 392 g/mol. The van der Waals surface area contributed by atoms with Crippen LogP contribution in [0.1, 0.15) is 31.8 Å². The topological polar surface area (TPSA) is 72.0 Å². The standard InChI is InChI=1S/C20H10ClN3O2S/c21-10-5-7-11(8-6-10)22-15-9-14-16(18-17(15)23-27-24-18)20(26)13-4-2-1-3-12(13)19(14)25/h1-9,22H. The van der Waals surface area contributed by atoms with Gasteiger partial charge in [-0.2, -0.15) is 8.75 Å². The van der Waals surface area contributed by atoms with Crippen LogP contribution in [-0.4, -0.2) is 20.3 Å². The van der Waals surface area contributed by atoms with E-state index >= 15 is 0 Å². The summed E-state index contributed by atoms with van der Waals surface area (Å²) in [6, 6.07) is 15.7. The summed E-state index contributed by atoms with van der Waals surface area (Å²) >= 11 is 6.95. The van der Waals surface area contributed by atoms with Crippen molar-refractivity contribution in [3.05, 3.63) is 81.9 Å². The molecular formula is C20H10ClN3O2S. The number of anilines is 2. The summed E-state index contributed by atoms with van der Waals surface area (Å²) < 4.78 is 8.64. The molecule has 0 aliphatic heterocycles. The minimum absolute atomic E-state index is 0.186. The van der Waals surface area contributed by atoms with Crippen LogP contribution >= 0.6 is 23.3 Å². The van der Waals surface area contributed by atoms with E-state index in [1.807, 2.05) is 12.1 Å². The van der Waals surface area contributed by atoms with Crippen LogP contribution in [-0.2, 0) is 0 Å². The van der Waals surface area contributed by atoms with Crippen molar-refractivity contribution >= 4 is 57.3 Å². The Kier molecular flexibility index (Phi) is 3.56. The fourth-order valence-corrected chi connectivity index (χ4v) is 3.99. The summed E-state index contributed by atoms with van der Waals surface area (Å²) in [7, 11) is 0. The number of benzene rings is 3. The lowest BCUT2D eigenvalue weighted by Crippen LogP contribution is -2.21. The lowest BCUT2D eigenvalue weighted by atomic mass is 9.83. The Morgan fingerprint density at radius 3 is 2.22 bits per heavy atom. The monoisotopic (exact) mass is 391 g/mol. The van der Waals surface area contributed by atoms with Gasteiger partial charge >= 0.3 is 0 Å². The molecule has 1 N–H and O–H groups in total. The van der Waals surface area contributed by atoms with Crippen LogP contribution in [0.3, 0.4) is 0 Å². The maximum Gasteiger partial charge on any atom is 0.196 e. The number of ketones is 2. The number of hydrogen-bond acceptors (Lipinski definition) is 6. The highest BCUT2D eigenvalue weighted by atomic mass is 35.5. The Morgan fingerprint density at radius 2 is 1.48 bits per heavy atom. The van der Waals surface area contributed by atoms with Crippen LogP contribution in [0.5, 0.6) is 0 Å². The summed E-state index contributed by atoms with van der Waals surface area (Å²) in [5.74, 6) is -0.384. The Bertz CT molecular complexity index is 1250. The normalized spacial score (nSPS) is 12.8. The van der Waals surface area contributed by atoms with Crippen LogP contribution in [0.2, 0.25) is 5.02 Å². The second kappa shape index (κ2) is 5.97. The zero-order valence-electron chi connectivity index (χ0n) is 13.7. The Hall–Kier alpha value is -3.09. The molecule has 0 fully saturated rings. The molecule has 0 amide bonds.